The molecule has 0 unspecified atom stereocenters. The molecule has 1 aliphatic rings. The maximum absolute atomic E-state index is 12.4. The molecule has 0 aliphatic carbocycles. The van der Waals surface area contributed by atoms with Gasteiger partial charge >= 0.3 is 0 Å². The standard InChI is InChI=1S/C17H19N3O2/c1-19(2)14-7-5-6-13(10-14)17(21)20-11-15(12-20)22-16-8-3-4-9-18-16/h3-10,15H,11-12H2,1-2H3. The Hall–Kier alpha value is -2.56. The first-order chi connectivity index (χ1) is 10.6. The number of ether oxygens (including phenoxy) is 1. The van der Waals surface area contributed by atoms with Crippen LogP contribution in [0.2, 0.25) is 0 Å². The Kier molecular flexibility index (Phi) is 3.96. The molecular weight excluding hydrogens is 278 g/mol. The third kappa shape index (κ3) is 3.03. The van der Waals surface area contributed by atoms with Crippen LogP contribution in [0.15, 0.2) is 48.7 Å². The number of hydrogen-bond donors (Lipinski definition) is 0. The van der Waals surface area contributed by atoms with E-state index in [4.69, 9.17) is 4.74 Å². The number of likely N-dealkylation sites (tertiary alicyclic amines) is 1. The molecule has 2 heterocycles. The minimum atomic E-state index is 0.0240. The molecule has 0 atom stereocenters. The fraction of sp³-hybridized carbons (Fsp3) is 0.294. The van der Waals surface area contributed by atoms with E-state index in [9.17, 15) is 4.79 Å². The van der Waals surface area contributed by atoms with Crippen LogP contribution in [0.3, 0.4) is 0 Å². The summed E-state index contributed by atoms with van der Waals surface area (Å²) < 4.78 is 5.72. The average molecular weight is 297 g/mol. The van der Waals surface area contributed by atoms with Crippen molar-refractivity contribution in [2.45, 2.75) is 6.10 Å². The highest BCUT2D eigenvalue weighted by molar-refractivity contribution is 5.95. The predicted molar refractivity (Wildman–Crippen MR) is 85.3 cm³/mol. The van der Waals surface area contributed by atoms with Gasteiger partial charge in [0, 0.05) is 37.6 Å². The summed E-state index contributed by atoms with van der Waals surface area (Å²) in [5.41, 5.74) is 1.73. The van der Waals surface area contributed by atoms with E-state index in [1.165, 1.54) is 0 Å². The van der Waals surface area contributed by atoms with E-state index in [2.05, 4.69) is 4.98 Å². The predicted octanol–water partition coefficient (Wildman–Crippen LogP) is 2.05. The molecule has 114 valence electrons. The van der Waals surface area contributed by atoms with Gasteiger partial charge in [-0.15, -0.1) is 0 Å². The molecule has 1 amide bonds. The molecule has 1 fully saturated rings. The molecular formula is C17H19N3O2. The molecule has 0 N–H and O–H groups in total. The van der Waals surface area contributed by atoms with E-state index in [-0.39, 0.29) is 12.0 Å². The summed E-state index contributed by atoms with van der Waals surface area (Å²) in [5, 5.41) is 0. The summed E-state index contributed by atoms with van der Waals surface area (Å²) in [4.78, 5) is 20.3. The van der Waals surface area contributed by atoms with Gasteiger partial charge in [0.25, 0.3) is 5.91 Å². The maximum atomic E-state index is 12.4. The maximum Gasteiger partial charge on any atom is 0.254 e. The van der Waals surface area contributed by atoms with Crippen molar-refractivity contribution in [1.82, 2.24) is 9.88 Å². The van der Waals surface area contributed by atoms with Crippen LogP contribution in [0.4, 0.5) is 5.69 Å². The quantitative estimate of drug-likeness (QED) is 0.866. The zero-order valence-electron chi connectivity index (χ0n) is 12.8. The van der Waals surface area contributed by atoms with Gasteiger partial charge in [0.2, 0.25) is 5.88 Å². The number of rotatable bonds is 4. The lowest BCUT2D eigenvalue weighted by atomic mass is 10.1. The number of hydrogen-bond acceptors (Lipinski definition) is 4. The molecule has 3 rings (SSSR count). The SMILES string of the molecule is CN(C)c1cccc(C(=O)N2CC(Oc3ccccn3)C2)c1. The zero-order valence-corrected chi connectivity index (χ0v) is 12.8. The smallest absolute Gasteiger partial charge is 0.254 e. The van der Waals surface area contributed by atoms with Gasteiger partial charge in [0.1, 0.15) is 6.10 Å². The van der Waals surface area contributed by atoms with Crippen LogP contribution in [-0.4, -0.2) is 49.1 Å². The summed E-state index contributed by atoms with van der Waals surface area (Å²) in [5.74, 6) is 0.652. The molecule has 22 heavy (non-hydrogen) atoms. The van der Waals surface area contributed by atoms with Gasteiger partial charge in [-0.3, -0.25) is 4.79 Å². The van der Waals surface area contributed by atoms with Gasteiger partial charge in [0.15, 0.2) is 0 Å². The largest absolute Gasteiger partial charge is 0.471 e. The summed E-state index contributed by atoms with van der Waals surface area (Å²) in [7, 11) is 3.92. The molecule has 0 spiro atoms. The Morgan fingerprint density at radius 1 is 1.23 bits per heavy atom. The Morgan fingerprint density at radius 3 is 2.73 bits per heavy atom. The van der Waals surface area contributed by atoms with Crippen molar-refractivity contribution >= 4 is 11.6 Å². The minimum absolute atomic E-state index is 0.0240. The summed E-state index contributed by atoms with van der Waals surface area (Å²) >= 11 is 0. The molecule has 5 heteroatoms. The van der Waals surface area contributed by atoms with Crippen molar-refractivity contribution in [2.75, 3.05) is 32.1 Å². The van der Waals surface area contributed by atoms with E-state index in [0.29, 0.717) is 24.5 Å². The first-order valence-electron chi connectivity index (χ1n) is 7.28. The van der Waals surface area contributed by atoms with Gasteiger partial charge in [-0.05, 0) is 24.3 Å². The first kappa shape index (κ1) is 14.4. The lowest BCUT2D eigenvalue weighted by molar-refractivity contribution is 0.0160. The van der Waals surface area contributed by atoms with Crippen LogP contribution in [0, 0.1) is 0 Å². The van der Waals surface area contributed by atoms with Crippen LogP contribution < -0.4 is 9.64 Å². The monoisotopic (exact) mass is 297 g/mol. The number of aromatic nitrogens is 1. The highest BCUT2D eigenvalue weighted by Gasteiger charge is 2.33. The average Bonchev–Trinajstić information content (AvgIpc) is 2.51. The number of pyridine rings is 1. The Balaban J connectivity index is 1.58. The fourth-order valence-corrected chi connectivity index (χ4v) is 2.37. The first-order valence-corrected chi connectivity index (χ1v) is 7.28. The second-order valence-electron chi connectivity index (χ2n) is 5.56. The molecule has 5 nitrogen and oxygen atoms in total. The molecule has 2 aromatic rings. The van der Waals surface area contributed by atoms with E-state index in [1.54, 1.807) is 11.1 Å². The number of benzene rings is 1. The topological polar surface area (TPSA) is 45.7 Å². The number of carbonyl (C=O) groups excluding carboxylic acids is 1. The van der Waals surface area contributed by atoms with Gasteiger partial charge in [-0.2, -0.15) is 0 Å². The van der Waals surface area contributed by atoms with Crippen LogP contribution in [-0.2, 0) is 0 Å². The van der Waals surface area contributed by atoms with Crippen molar-refractivity contribution < 1.29 is 9.53 Å². The van der Waals surface area contributed by atoms with Gasteiger partial charge in [-0.25, -0.2) is 4.98 Å². The lowest BCUT2D eigenvalue weighted by Gasteiger charge is -2.38. The zero-order chi connectivity index (χ0) is 15.5. The highest BCUT2D eigenvalue weighted by atomic mass is 16.5. The Morgan fingerprint density at radius 2 is 2.05 bits per heavy atom. The molecule has 1 aliphatic heterocycles. The van der Waals surface area contributed by atoms with Crippen LogP contribution in [0.1, 0.15) is 10.4 Å². The third-order valence-corrected chi connectivity index (χ3v) is 3.67. The molecule has 0 radical (unpaired) electrons. The fourth-order valence-electron chi connectivity index (χ4n) is 2.37. The lowest BCUT2D eigenvalue weighted by Crippen LogP contribution is -2.56. The third-order valence-electron chi connectivity index (χ3n) is 3.67. The number of nitrogens with zero attached hydrogens (tertiary/aromatic N) is 3. The normalized spacial score (nSPS) is 14.4. The van der Waals surface area contributed by atoms with Crippen molar-refractivity contribution in [3.63, 3.8) is 0 Å². The second-order valence-corrected chi connectivity index (χ2v) is 5.56. The molecule has 0 bridgehead atoms. The van der Waals surface area contributed by atoms with Crippen molar-refractivity contribution in [3.8, 4) is 5.88 Å². The number of carbonyl (C=O) groups is 1. The highest BCUT2D eigenvalue weighted by Crippen LogP contribution is 2.20. The minimum Gasteiger partial charge on any atom is -0.471 e. The second kappa shape index (κ2) is 6.05. The van der Waals surface area contributed by atoms with Gasteiger partial charge < -0.3 is 14.5 Å². The van der Waals surface area contributed by atoms with E-state index >= 15 is 0 Å². The molecule has 0 saturated carbocycles. The number of anilines is 1. The Labute approximate surface area is 130 Å². The summed E-state index contributed by atoms with van der Waals surface area (Å²) in [6.45, 7) is 1.20. The van der Waals surface area contributed by atoms with Crippen molar-refractivity contribution in [1.29, 1.82) is 0 Å². The molecule has 1 aromatic carbocycles. The van der Waals surface area contributed by atoms with E-state index in [1.807, 2.05) is 61.5 Å². The molecule has 1 saturated heterocycles. The van der Waals surface area contributed by atoms with Gasteiger partial charge in [0.05, 0.1) is 13.1 Å². The summed E-state index contributed by atoms with van der Waals surface area (Å²) in [6.07, 6.45) is 1.72. The van der Waals surface area contributed by atoms with Crippen LogP contribution >= 0.6 is 0 Å². The summed E-state index contributed by atoms with van der Waals surface area (Å²) in [6, 6.07) is 13.2. The Bertz CT molecular complexity index is 652. The number of amides is 1. The van der Waals surface area contributed by atoms with Crippen LogP contribution in [0.25, 0.3) is 0 Å². The van der Waals surface area contributed by atoms with Crippen LogP contribution in [0.5, 0.6) is 5.88 Å². The van der Waals surface area contributed by atoms with E-state index in [0.717, 1.165) is 5.69 Å². The van der Waals surface area contributed by atoms with E-state index < -0.39 is 0 Å². The van der Waals surface area contributed by atoms with Gasteiger partial charge in [-0.1, -0.05) is 12.1 Å². The molecule has 1 aromatic heterocycles. The van der Waals surface area contributed by atoms with Crippen molar-refractivity contribution in [2.24, 2.45) is 0 Å². The van der Waals surface area contributed by atoms with Crippen molar-refractivity contribution in [3.05, 3.63) is 54.2 Å².